The summed E-state index contributed by atoms with van der Waals surface area (Å²) in [7, 11) is 1.59. The first-order chi connectivity index (χ1) is 11.2. The van der Waals surface area contributed by atoms with E-state index in [-0.39, 0.29) is 17.3 Å². The van der Waals surface area contributed by atoms with Gasteiger partial charge in [-0.2, -0.15) is 0 Å². The maximum Gasteiger partial charge on any atom is 0.259 e. The van der Waals surface area contributed by atoms with Gasteiger partial charge in [0.15, 0.2) is 5.78 Å². The summed E-state index contributed by atoms with van der Waals surface area (Å²) in [5.41, 5.74) is 0.698. The van der Waals surface area contributed by atoms with Gasteiger partial charge < -0.3 is 14.0 Å². The maximum atomic E-state index is 12.8. The van der Waals surface area contributed by atoms with E-state index in [0.29, 0.717) is 17.7 Å². The van der Waals surface area contributed by atoms with Gasteiger partial charge in [-0.25, -0.2) is 0 Å². The molecule has 1 aromatic heterocycles. The van der Waals surface area contributed by atoms with E-state index in [1.807, 2.05) is 18.2 Å². The second-order valence-corrected chi connectivity index (χ2v) is 5.69. The fourth-order valence-corrected chi connectivity index (χ4v) is 3.14. The van der Waals surface area contributed by atoms with Crippen LogP contribution in [-0.4, -0.2) is 24.1 Å². The number of ketones is 1. The molecular formula is C18H15NO4. The molecule has 1 aliphatic carbocycles. The number of fused-ring (bicyclic) bond motifs is 2. The zero-order chi connectivity index (χ0) is 16.0. The van der Waals surface area contributed by atoms with Crippen molar-refractivity contribution in [3.63, 3.8) is 0 Å². The van der Waals surface area contributed by atoms with Gasteiger partial charge in [0.25, 0.3) is 5.56 Å². The molecule has 2 heterocycles. The Morgan fingerprint density at radius 1 is 1.26 bits per heavy atom. The first kappa shape index (κ1) is 13.8. The number of pyridine rings is 1. The van der Waals surface area contributed by atoms with E-state index in [1.165, 1.54) is 4.57 Å². The van der Waals surface area contributed by atoms with Crippen molar-refractivity contribution in [2.45, 2.75) is 6.04 Å². The third kappa shape index (κ3) is 2.08. The van der Waals surface area contributed by atoms with Gasteiger partial charge in [-0.3, -0.25) is 9.59 Å². The highest BCUT2D eigenvalue weighted by molar-refractivity contribution is 5.92. The summed E-state index contributed by atoms with van der Waals surface area (Å²) in [5, 5.41) is 1.36. The van der Waals surface area contributed by atoms with Crippen molar-refractivity contribution in [1.82, 2.24) is 4.57 Å². The normalized spacial score (nSPS) is 22.7. The number of methoxy groups -OCH3 is 1. The molecule has 0 N–H and O–H groups in total. The van der Waals surface area contributed by atoms with Crippen LogP contribution in [0.4, 0.5) is 0 Å². The fraction of sp³-hybridized carbons (Fsp3) is 0.222. The molecule has 4 rings (SSSR count). The average molecular weight is 309 g/mol. The van der Waals surface area contributed by atoms with Crippen molar-refractivity contribution >= 4 is 16.6 Å². The minimum atomic E-state index is -0.585. The zero-order valence-electron chi connectivity index (χ0n) is 12.6. The lowest BCUT2D eigenvalue weighted by Crippen LogP contribution is -2.35. The number of hydrogen-bond donors (Lipinski definition) is 0. The Kier molecular flexibility index (Phi) is 3.08. The van der Waals surface area contributed by atoms with E-state index >= 15 is 0 Å². The van der Waals surface area contributed by atoms with E-state index in [4.69, 9.17) is 9.47 Å². The van der Waals surface area contributed by atoms with Crippen LogP contribution in [-0.2, 0) is 9.53 Å². The molecule has 0 radical (unpaired) electrons. The number of aromatic nitrogens is 1. The highest BCUT2D eigenvalue weighted by Crippen LogP contribution is 2.31. The molecule has 5 nitrogen and oxygen atoms in total. The second-order valence-electron chi connectivity index (χ2n) is 5.69. The monoisotopic (exact) mass is 309 g/mol. The van der Waals surface area contributed by atoms with Crippen LogP contribution in [0.15, 0.2) is 59.2 Å². The standard InChI is InChI=1S/C18H15NO4/c1-22-13-3-4-14-11(8-13)6-7-19(18(14)21)16-5-2-12-9-23-10-15(12)17(16)20/h2-9,15-16H,10H2,1H3. The van der Waals surface area contributed by atoms with Crippen LogP contribution in [0.2, 0.25) is 0 Å². The van der Waals surface area contributed by atoms with Crippen molar-refractivity contribution in [2.75, 3.05) is 13.7 Å². The third-order valence-electron chi connectivity index (χ3n) is 4.43. The van der Waals surface area contributed by atoms with Crippen molar-refractivity contribution in [1.29, 1.82) is 0 Å². The molecule has 23 heavy (non-hydrogen) atoms. The van der Waals surface area contributed by atoms with E-state index in [0.717, 1.165) is 11.0 Å². The number of carbonyl (C=O) groups is 1. The topological polar surface area (TPSA) is 57.5 Å². The largest absolute Gasteiger partial charge is 0.500 e. The lowest BCUT2D eigenvalue weighted by molar-refractivity contribution is -0.124. The quantitative estimate of drug-likeness (QED) is 0.853. The Bertz CT molecular complexity index is 922. The van der Waals surface area contributed by atoms with Gasteiger partial charge in [-0.1, -0.05) is 12.2 Å². The van der Waals surface area contributed by atoms with Crippen molar-refractivity contribution in [3.8, 4) is 5.75 Å². The van der Waals surface area contributed by atoms with E-state index in [1.54, 1.807) is 37.8 Å². The first-order valence-electron chi connectivity index (χ1n) is 7.41. The molecule has 0 spiro atoms. The number of ether oxygens (including phenoxy) is 2. The van der Waals surface area contributed by atoms with Crippen LogP contribution in [0.5, 0.6) is 5.75 Å². The van der Waals surface area contributed by atoms with Gasteiger partial charge >= 0.3 is 0 Å². The zero-order valence-corrected chi connectivity index (χ0v) is 12.6. The number of allylic oxidation sites excluding steroid dienone is 2. The molecule has 2 atom stereocenters. The fourth-order valence-electron chi connectivity index (χ4n) is 3.14. The predicted octanol–water partition coefficient (Wildman–Crippen LogP) is 2.22. The van der Waals surface area contributed by atoms with E-state index in [2.05, 4.69) is 0 Å². The highest BCUT2D eigenvalue weighted by atomic mass is 16.5. The van der Waals surface area contributed by atoms with E-state index in [9.17, 15) is 9.59 Å². The van der Waals surface area contributed by atoms with E-state index < -0.39 is 6.04 Å². The Labute approximate surface area is 132 Å². The Morgan fingerprint density at radius 3 is 2.96 bits per heavy atom. The summed E-state index contributed by atoms with van der Waals surface area (Å²) in [4.78, 5) is 25.4. The van der Waals surface area contributed by atoms with Crippen LogP contribution in [0.3, 0.4) is 0 Å². The van der Waals surface area contributed by atoms with Gasteiger partial charge in [-0.15, -0.1) is 0 Å². The number of hydrogen-bond acceptors (Lipinski definition) is 4. The molecule has 0 saturated heterocycles. The maximum absolute atomic E-state index is 12.8. The summed E-state index contributed by atoms with van der Waals surface area (Å²) in [6.45, 7) is 0.356. The van der Waals surface area contributed by atoms with Crippen molar-refractivity contribution < 1.29 is 14.3 Å². The molecule has 116 valence electrons. The van der Waals surface area contributed by atoms with Crippen LogP contribution in [0, 0.1) is 5.92 Å². The summed E-state index contributed by atoms with van der Waals surface area (Å²) in [6.07, 6.45) is 6.91. The lowest BCUT2D eigenvalue weighted by atomic mass is 9.87. The number of nitrogens with zero attached hydrogens (tertiary/aromatic N) is 1. The molecular weight excluding hydrogens is 294 g/mol. The smallest absolute Gasteiger partial charge is 0.259 e. The van der Waals surface area contributed by atoms with Crippen LogP contribution in [0.1, 0.15) is 6.04 Å². The SMILES string of the molecule is COc1ccc2c(=O)n(C3C=CC4=COCC4C3=O)ccc2c1. The van der Waals surface area contributed by atoms with Gasteiger partial charge in [0, 0.05) is 17.2 Å². The van der Waals surface area contributed by atoms with Gasteiger partial charge in [0.2, 0.25) is 0 Å². The second kappa shape index (κ2) is 5.12. The number of rotatable bonds is 2. The molecule has 0 bridgehead atoms. The number of Topliss-reactive ketones (excluding diaryl/α,β-unsaturated/α-hetero) is 1. The molecule has 2 aliphatic rings. The molecule has 0 saturated carbocycles. The highest BCUT2D eigenvalue weighted by Gasteiger charge is 2.35. The summed E-state index contributed by atoms with van der Waals surface area (Å²) >= 11 is 0. The Morgan fingerprint density at radius 2 is 2.13 bits per heavy atom. The van der Waals surface area contributed by atoms with Crippen LogP contribution in [0.25, 0.3) is 10.8 Å². The summed E-state index contributed by atoms with van der Waals surface area (Å²) in [6, 6.07) is 6.53. The summed E-state index contributed by atoms with van der Waals surface area (Å²) in [5.74, 6) is 0.413. The Balaban J connectivity index is 1.82. The first-order valence-corrected chi connectivity index (χ1v) is 7.41. The van der Waals surface area contributed by atoms with Crippen molar-refractivity contribution in [2.24, 2.45) is 5.92 Å². The lowest BCUT2D eigenvalue weighted by Gasteiger charge is -2.23. The van der Waals surface area contributed by atoms with Gasteiger partial charge in [0.05, 0.1) is 19.3 Å². The van der Waals surface area contributed by atoms with Crippen LogP contribution < -0.4 is 10.3 Å². The molecule has 0 amide bonds. The molecule has 2 aromatic rings. The number of carbonyl (C=O) groups excluding carboxylic acids is 1. The average Bonchev–Trinajstić information content (AvgIpc) is 3.05. The molecule has 0 fully saturated rings. The number of benzene rings is 1. The van der Waals surface area contributed by atoms with Crippen molar-refractivity contribution in [3.05, 3.63) is 64.8 Å². The third-order valence-corrected chi connectivity index (χ3v) is 4.43. The summed E-state index contributed by atoms with van der Waals surface area (Å²) < 4.78 is 11.9. The molecule has 5 heteroatoms. The molecule has 1 aromatic carbocycles. The molecule has 1 aliphatic heterocycles. The predicted molar refractivity (Wildman–Crippen MR) is 85.5 cm³/mol. The van der Waals surface area contributed by atoms with Gasteiger partial charge in [-0.05, 0) is 29.7 Å². The Hall–Kier alpha value is -2.82. The minimum absolute atomic E-state index is 0.00814. The minimum Gasteiger partial charge on any atom is -0.500 e. The molecule has 2 unspecified atom stereocenters. The van der Waals surface area contributed by atoms with Gasteiger partial charge in [0.1, 0.15) is 18.4 Å². The van der Waals surface area contributed by atoms with Crippen LogP contribution >= 0.6 is 0 Å².